The predicted molar refractivity (Wildman–Crippen MR) is 133 cm³/mol. The van der Waals surface area contributed by atoms with Gasteiger partial charge in [0, 0.05) is 17.0 Å². The van der Waals surface area contributed by atoms with Gasteiger partial charge < -0.3 is 15.8 Å². The van der Waals surface area contributed by atoms with Gasteiger partial charge in [-0.05, 0) is 67.6 Å². The van der Waals surface area contributed by atoms with Gasteiger partial charge in [0.15, 0.2) is 0 Å². The van der Waals surface area contributed by atoms with Crippen molar-refractivity contribution in [3.05, 3.63) is 71.1 Å². The van der Waals surface area contributed by atoms with Crippen LogP contribution in [0.3, 0.4) is 0 Å². The molecule has 3 rings (SSSR count). The van der Waals surface area contributed by atoms with Gasteiger partial charge in [0.2, 0.25) is 0 Å². The maximum Gasteiger partial charge on any atom is 0.412 e. The van der Waals surface area contributed by atoms with Crippen molar-refractivity contribution < 1.29 is 14.3 Å². The Morgan fingerprint density at radius 2 is 1.66 bits per heavy atom. The molecule has 0 fully saturated rings. The van der Waals surface area contributed by atoms with Gasteiger partial charge in [0.25, 0.3) is 5.91 Å². The van der Waals surface area contributed by atoms with Gasteiger partial charge in [-0.15, -0.1) is 11.3 Å². The van der Waals surface area contributed by atoms with E-state index in [2.05, 4.69) is 10.6 Å². The molecule has 0 unspecified atom stereocenters. The first-order valence-corrected chi connectivity index (χ1v) is 11.4. The fourth-order valence-corrected chi connectivity index (χ4v) is 3.48. The van der Waals surface area contributed by atoms with Crippen molar-refractivity contribution in [2.75, 3.05) is 10.6 Å². The first-order chi connectivity index (χ1) is 15.2. The van der Waals surface area contributed by atoms with E-state index in [0.717, 1.165) is 16.0 Å². The Morgan fingerprint density at radius 3 is 2.22 bits per heavy atom. The number of nitrogens with one attached hydrogen (secondary N) is 2. The molecule has 32 heavy (non-hydrogen) atoms. The van der Waals surface area contributed by atoms with Crippen molar-refractivity contribution in [1.82, 2.24) is 0 Å². The zero-order valence-electron chi connectivity index (χ0n) is 19.2. The molecule has 0 bridgehead atoms. The molecule has 6 nitrogen and oxygen atoms in total. The first kappa shape index (κ1) is 25.1. The molecule has 0 radical (unpaired) electrons. The molecule has 170 valence electrons. The summed E-state index contributed by atoms with van der Waals surface area (Å²) in [6.45, 7) is 9.79. The number of rotatable bonds is 5. The third-order valence-electron chi connectivity index (χ3n) is 4.16. The monoisotopic (exact) mass is 453 g/mol. The summed E-state index contributed by atoms with van der Waals surface area (Å²) in [5.74, 6) is -0.283. The lowest BCUT2D eigenvalue weighted by atomic mass is 10.1. The Kier molecular flexibility index (Phi) is 8.99. The van der Waals surface area contributed by atoms with Crippen molar-refractivity contribution in [3.8, 4) is 10.4 Å². The van der Waals surface area contributed by atoms with E-state index in [4.69, 9.17) is 10.5 Å². The highest BCUT2D eigenvalue weighted by molar-refractivity contribution is 7.13. The lowest BCUT2D eigenvalue weighted by molar-refractivity contribution is 0.0635. The normalized spacial score (nSPS) is 10.6. The van der Waals surface area contributed by atoms with Crippen molar-refractivity contribution in [1.29, 1.82) is 0 Å². The molecule has 0 saturated carbocycles. The number of thiophene rings is 1. The van der Waals surface area contributed by atoms with E-state index >= 15 is 0 Å². The number of carbonyl (C=O) groups is 2. The second kappa shape index (κ2) is 11.5. The van der Waals surface area contributed by atoms with Gasteiger partial charge >= 0.3 is 6.09 Å². The number of benzene rings is 2. The molecule has 1 heterocycles. The van der Waals surface area contributed by atoms with Crippen LogP contribution in [-0.2, 0) is 11.3 Å². The summed E-state index contributed by atoms with van der Waals surface area (Å²) in [6.07, 6.45) is -0.589. The quantitative estimate of drug-likeness (QED) is 0.411. The third-order valence-corrected chi connectivity index (χ3v) is 5.08. The van der Waals surface area contributed by atoms with Crippen molar-refractivity contribution in [2.24, 2.45) is 5.73 Å². The number of hydrogen-bond acceptors (Lipinski definition) is 5. The molecule has 0 aliphatic carbocycles. The third kappa shape index (κ3) is 7.21. The Bertz CT molecular complexity index is 1020. The van der Waals surface area contributed by atoms with Crippen LogP contribution in [0.4, 0.5) is 16.2 Å². The zero-order valence-corrected chi connectivity index (χ0v) is 20.0. The molecule has 0 spiro atoms. The Morgan fingerprint density at radius 1 is 0.969 bits per heavy atom. The van der Waals surface area contributed by atoms with E-state index in [-0.39, 0.29) is 5.91 Å². The number of nitrogens with two attached hydrogens (primary N) is 1. The number of anilines is 2. The van der Waals surface area contributed by atoms with Crippen LogP contribution in [0.2, 0.25) is 0 Å². The molecular formula is C25H31N3O3S. The van der Waals surface area contributed by atoms with Gasteiger partial charge in [-0.3, -0.25) is 10.1 Å². The highest BCUT2D eigenvalue weighted by Gasteiger charge is 2.18. The van der Waals surface area contributed by atoms with Crippen molar-refractivity contribution in [3.63, 3.8) is 0 Å². The van der Waals surface area contributed by atoms with E-state index in [1.54, 1.807) is 50.3 Å². The minimum Gasteiger partial charge on any atom is -0.444 e. The minimum absolute atomic E-state index is 0.283. The van der Waals surface area contributed by atoms with Crippen LogP contribution < -0.4 is 16.4 Å². The maximum absolute atomic E-state index is 12.8. The molecule has 7 heteroatoms. The summed E-state index contributed by atoms with van der Waals surface area (Å²) in [7, 11) is 0. The van der Waals surface area contributed by atoms with Crippen LogP contribution in [0.15, 0.2) is 60.0 Å². The van der Waals surface area contributed by atoms with Crippen molar-refractivity contribution in [2.45, 2.75) is 46.8 Å². The maximum atomic E-state index is 12.8. The fourth-order valence-electron chi connectivity index (χ4n) is 2.75. The Balaban J connectivity index is 0.00000176. The molecule has 0 aliphatic heterocycles. The molecule has 0 saturated heterocycles. The van der Waals surface area contributed by atoms with Crippen molar-refractivity contribution >= 4 is 34.7 Å². The van der Waals surface area contributed by atoms with Crippen LogP contribution in [0, 0.1) is 0 Å². The Hall–Kier alpha value is -3.16. The topological polar surface area (TPSA) is 93.5 Å². The van der Waals surface area contributed by atoms with Crippen LogP contribution in [0.1, 0.15) is 50.5 Å². The van der Waals surface area contributed by atoms with E-state index in [1.807, 2.05) is 55.6 Å². The molecule has 4 N–H and O–H groups in total. The highest BCUT2D eigenvalue weighted by atomic mass is 32.1. The number of amides is 2. The van der Waals surface area contributed by atoms with Gasteiger partial charge in [-0.1, -0.05) is 38.1 Å². The zero-order chi connectivity index (χ0) is 23.7. The van der Waals surface area contributed by atoms with E-state index < -0.39 is 11.7 Å². The highest BCUT2D eigenvalue weighted by Crippen LogP contribution is 2.32. The largest absolute Gasteiger partial charge is 0.444 e. The Labute approximate surface area is 193 Å². The summed E-state index contributed by atoms with van der Waals surface area (Å²) in [5.41, 5.74) is 8.31. The van der Waals surface area contributed by atoms with E-state index in [1.165, 1.54) is 0 Å². The summed E-state index contributed by atoms with van der Waals surface area (Å²) in [5, 5.41) is 7.61. The molecule has 0 aliphatic rings. The number of ether oxygens (including phenoxy) is 1. The molecule has 0 atom stereocenters. The fraction of sp³-hybridized carbons (Fsp3) is 0.280. The van der Waals surface area contributed by atoms with Gasteiger partial charge in [-0.2, -0.15) is 0 Å². The summed E-state index contributed by atoms with van der Waals surface area (Å²) in [6, 6.07) is 16.5. The smallest absolute Gasteiger partial charge is 0.412 e. The minimum atomic E-state index is -0.630. The van der Waals surface area contributed by atoms with Gasteiger partial charge in [0.1, 0.15) is 5.60 Å². The number of carbonyl (C=O) groups excluding carboxylic acids is 2. The summed E-state index contributed by atoms with van der Waals surface area (Å²) >= 11 is 1.60. The first-order valence-electron chi connectivity index (χ1n) is 10.5. The number of hydrogen-bond donors (Lipinski definition) is 3. The second-order valence-corrected chi connectivity index (χ2v) is 8.67. The van der Waals surface area contributed by atoms with Crippen LogP contribution >= 0.6 is 11.3 Å². The summed E-state index contributed by atoms with van der Waals surface area (Å²) < 4.78 is 5.34. The summed E-state index contributed by atoms with van der Waals surface area (Å²) in [4.78, 5) is 26.1. The molecular weight excluding hydrogens is 422 g/mol. The van der Waals surface area contributed by atoms with E-state index in [9.17, 15) is 9.59 Å². The second-order valence-electron chi connectivity index (χ2n) is 7.72. The van der Waals surface area contributed by atoms with E-state index in [0.29, 0.717) is 23.5 Å². The standard InChI is InChI=1S/C23H25N3O3S.C2H6/c1-23(2,3)29-22(28)26-18-11-10-17(20-5-4-12-30-20)13-19(18)25-21(27)16-8-6-15(14-24)7-9-16;1-2/h4-13H,14,24H2,1-3H3,(H,25,27)(H,26,28);1-2H3. The average molecular weight is 454 g/mol. The van der Waals surface area contributed by atoms with Gasteiger partial charge in [-0.25, -0.2) is 4.79 Å². The lowest BCUT2D eigenvalue weighted by Crippen LogP contribution is -2.27. The molecule has 3 aromatic rings. The molecule has 1 aromatic heterocycles. The predicted octanol–water partition coefficient (Wildman–Crippen LogP) is 6.50. The van der Waals surface area contributed by atoms with Gasteiger partial charge in [0.05, 0.1) is 11.4 Å². The van der Waals surface area contributed by atoms with Crippen LogP contribution in [0.25, 0.3) is 10.4 Å². The average Bonchev–Trinajstić information content (AvgIpc) is 3.30. The van der Waals surface area contributed by atoms with Crippen LogP contribution in [0.5, 0.6) is 0 Å². The molecule has 2 amide bonds. The van der Waals surface area contributed by atoms with Crippen LogP contribution in [-0.4, -0.2) is 17.6 Å². The SMILES string of the molecule is CC.CC(C)(C)OC(=O)Nc1ccc(-c2cccs2)cc1NC(=O)c1ccc(CN)cc1. The lowest BCUT2D eigenvalue weighted by Gasteiger charge is -2.21. The molecule has 2 aromatic carbocycles.